The Morgan fingerprint density at radius 3 is 2.26 bits per heavy atom. The van der Waals surface area contributed by atoms with Crippen LogP contribution >= 0.6 is 0 Å². The molecule has 1 atom stereocenters. The highest BCUT2D eigenvalue weighted by molar-refractivity contribution is 6.81. The zero-order valence-electron chi connectivity index (χ0n) is 14.5. The number of epoxide rings is 1. The van der Waals surface area contributed by atoms with E-state index in [1.165, 1.54) is 5.19 Å². The first kappa shape index (κ1) is 18.6. The minimum atomic E-state index is -2.39. The summed E-state index contributed by atoms with van der Waals surface area (Å²) in [5.74, 6) is 0. The topological polar surface area (TPSA) is 40.2 Å². The van der Waals surface area contributed by atoms with Crippen molar-refractivity contribution >= 4 is 13.7 Å². The minimum absolute atomic E-state index is 0.332. The molecular weight excluding hydrogens is 308 g/mol. The van der Waals surface area contributed by atoms with Gasteiger partial charge in [-0.3, -0.25) is 0 Å². The lowest BCUT2D eigenvalue weighted by molar-refractivity contribution is 0.113. The normalized spacial score (nSPS) is 17.4. The van der Waals surface area contributed by atoms with Crippen molar-refractivity contribution in [2.45, 2.75) is 45.3 Å². The van der Waals surface area contributed by atoms with E-state index in [0.717, 1.165) is 51.7 Å². The van der Waals surface area contributed by atoms with Gasteiger partial charge < -0.3 is 18.3 Å². The number of hydrogen-bond acceptors (Lipinski definition) is 4. The van der Waals surface area contributed by atoms with Gasteiger partial charge in [0.25, 0.3) is 0 Å². The molecule has 1 unspecified atom stereocenters. The molecule has 0 saturated carbocycles. The molecule has 5 heteroatoms. The van der Waals surface area contributed by atoms with E-state index in [2.05, 4.69) is 38.1 Å². The lowest BCUT2D eigenvalue weighted by Crippen LogP contribution is -2.54. The van der Waals surface area contributed by atoms with E-state index in [4.69, 9.17) is 18.3 Å². The van der Waals surface area contributed by atoms with Crippen molar-refractivity contribution in [1.29, 1.82) is 0 Å². The van der Waals surface area contributed by atoms with Crippen LogP contribution in [0.3, 0.4) is 0 Å². The van der Waals surface area contributed by atoms with Crippen LogP contribution in [-0.2, 0) is 18.3 Å². The fourth-order valence-electron chi connectivity index (χ4n) is 2.51. The van der Waals surface area contributed by atoms with Crippen LogP contribution in [0.15, 0.2) is 30.3 Å². The van der Waals surface area contributed by atoms with Crippen LogP contribution in [-0.4, -0.2) is 47.7 Å². The van der Waals surface area contributed by atoms with E-state index < -0.39 is 8.56 Å². The summed E-state index contributed by atoms with van der Waals surface area (Å²) in [6, 6.07) is 11.4. The first-order valence-corrected chi connectivity index (χ1v) is 10.9. The molecular formula is C18H30O4Si. The third-order valence-electron chi connectivity index (χ3n) is 3.79. The largest absolute Gasteiger partial charge is 0.391 e. The molecule has 2 rings (SSSR count). The fraction of sp³-hybridized carbons (Fsp3) is 0.667. The van der Waals surface area contributed by atoms with Crippen LogP contribution in [0.4, 0.5) is 0 Å². The van der Waals surface area contributed by atoms with E-state index in [1.54, 1.807) is 0 Å². The molecule has 0 radical (unpaired) electrons. The smallest absolute Gasteiger partial charge is 0.372 e. The third-order valence-corrected chi connectivity index (χ3v) is 7.36. The molecule has 4 nitrogen and oxygen atoms in total. The van der Waals surface area contributed by atoms with Crippen molar-refractivity contribution in [2.75, 3.05) is 33.0 Å². The molecule has 0 bridgehead atoms. The predicted octanol–water partition coefficient (Wildman–Crippen LogP) is 2.99. The van der Waals surface area contributed by atoms with E-state index in [-0.39, 0.29) is 0 Å². The molecule has 0 aromatic heterocycles. The zero-order chi connectivity index (χ0) is 16.4. The number of rotatable bonds is 13. The molecule has 0 aliphatic carbocycles. The molecule has 1 aliphatic heterocycles. The Hall–Kier alpha value is -0.723. The van der Waals surface area contributed by atoms with Gasteiger partial charge >= 0.3 is 8.56 Å². The van der Waals surface area contributed by atoms with Crippen molar-refractivity contribution in [3.63, 3.8) is 0 Å². The van der Waals surface area contributed by atoms with Gasteiger partial charge in [-0.15, -0.1) is 0 Å². The zero-order valence-corrected chi connectivity index (χ0v) is 15.5. The van der Waals surface area contributed by atoms with E-state index in [0.29, 0.717) is 12.7 Å². The van der Waals surface area contributed by atoms with Crippen LogP contribution in [0.5, 0.6) is 0 Å². The first-order chi connectivity index (χ1) is 11.3. The standard InChI is InChI=1S/C18H30O4Si/c1-3-11-21-23(22-12-4-2,18-9-6-5-7-10-18)14-8-13-19-15-17-16-20-17/h5-7,9-10,17H,3-4,8,11-16H2,1-2H3. The molecule has 1 saturated heterocycles. The summed E-state index contributed by atoms with van der Waals surface area (Å²) in [6.07, 6.45) is 3.30. The summed E-state index contributed by atoms with van der Waals surface area (Å²) in [5.41, 5.74) is 0. The maximum Gasteiger partial charge on any atom is 0.372 e. The molecule has 0 amide bonds. The Bertz CT molecular complexity index is 414. The van der Waals surface area contributed by atoms with Gasteiger partial charge in [0.05, 0.1) is 13.2 Å². The molecule has 1 aromatic rings. The molecule has 1 fully saturated rings. The van der Waals surface area contributed by atoms with Gasteiger partial charge in [0.2, 0.25) is 0 Å². The van der Waals surface area contributed by atoms with Crippen molar-refractivity contribution in [2.24, 2.45) is 0 Å². The molecule has 1 aliphatic rings. The molecule has 130 valence electrons. The van der Waals surface area contributed by atoms with Crippen molar-refractivity contribution in [3.8, 4) is 0 Å². The minimum Gasteiger partial charge on any atom is -0.391 e. The van der Waals surface area contributed by atoms with Crippen LogP contribution in [0, 0.1) is 0 Å². The van der Waals surface area contributed by atoms with Crippen molar-refractivity contribution in [1.82, 2.24) is 0 Å². The summed E-state index contributed by atoms with van der Waals surface area (Å²) in [6.45, 7) is 8.09. The van der Waals surface area contributed by atoms with Crippen molar-refractivity contribution < 1.29 is 18.3 Å². The van der Waals surface area contributed by atoms with Crippen LogP contribution in [0.25, 0.3) is 0 Å². The Morgan fingerprint density at radius 2 is 1.70 bits per heavy atom. The second-order valence-electron chi connectivity index (χ2n) is 5.95. The molecule has 1 heterocycles. The van der Waals surface area contributed by atoms with Gasteiger partial charge in [0.1, 0.15) is 6.10 Å². The van der Waals surface area contributed by atoms with E-state index in [1.807, 2.05) is 6.07 Å². The quantitative estimate of drug-likeness (QED) is 0.315. The summed E-state index contributed by atoms with van der Waals surface area (Å²) in [5, 5.41) is 1.23. The molecule has 1 aromatic carbocycles. The second-order valence-corrected chi connectivity index (χ2v) is 9.11. The van der Waals surface area contributed by atoms with Crippen molar-refractivity contribution in [3.05, 3.63) is 30.3 Å². The Balaban J connectivity index is 1.96. The molecule has 0 spiro atoms. The average Bonchev–Trinajstić information content (AvgIpc) is 3.42. The third kappa shape index (κ3) is 6.35. The van der Waals surface area contributed by atoms with Gasteiger partial charge in [-0.05, 0) is 30.5 Å². The highest BCUT2D eigenvalue weighted by Crippen LogP contribution is 2.18. The Morgan fingerprint density at radius 1 is 1.04 bits per heavy atom. The Kier molecular flexibility index (Phi) is 8.26. The van der Waals surface area contributed by atoms with Gasteiger partial charge in [-0.25, -0.2) is 0 Å². The number of hydrogen-bond donors (Lipinski definition) is 0. The van der Waals surface area contributed by atoms with E-state index in [9.17, 15) is 0 Å². The fourth-order valence-corrected chi connectivity index (χ4v) is 5.88. The van der Waals surface area contributed by atoms with Crippen LogP contribution in [0.1, 0.15) is 33.1 Å². The van der Waals surface area contributed by atoms with Gasteiger partial charge in [0, 0.05) is 19.8 Å². The summed E-state index contributed by atoms with van der Waals surface area (Å²) in [7, 11) is -2.39. The monoisotopic (exact) mass is 338 g/mol. The van der Waals surface area contributed by atoms with E-state index >= 15 is 0 Å². The van der Waals surface area contributed by atoms with Gasteiger partial charge in [-0.1, -0.05) is 44.2 Å². The number of ether oxygens (including phenoxy) is 2. The van der Waals surface area contributed by atoms with Crippen LogP contribution < -0.4 is 5.19 Å². The highest BCUT2D eigenvalue weighted by Gasteiger charge is 2.39. The number of benzene rings is 1. The summed E-state index contributed by atoms with van der Waals surface area (Å²) < 4.78 is 23.5. The van der Waals surface area contributed by atoms with Gasteiger partial charge in [0.15, 0.2) is 0 Å². The summed E-state index contributed by atoms with van der Waals surface area (Å²) >= 11 is 0. The Labute approximate surface area is 141 Å². The first-order valence-electron chi connectivity index (χ1n) is 8.83. The maximum absolute atomic E-state index is 6.34. The maximum atomic E-state index is 6.34. The molecule has 0 N–H and O–H groups in total. The lowest BCUT2D eigenvalue weighted by Gasteiger charge is -2.31. The highest BCUT2D eigenvalue weighted by atomic mass is 28.4. The molecule has 23 heavy (non-hydrogen) atoms. The predicted molar refractivity (Wildman–Crippen MR) is 94.3 cm³/mol. The average molecular weight is 339 g/mol. The SMILES string of the molecule is CCCO[Si](CCCOCC1CO1)(OCCC)c1ccccc1. The van der Waals surface area contributed by atoms with Gasteiger partial charge in [-0.2, -0.15) is 0 Å². The second kappa shape index (κ2) is 10.2. The summed E-state index contributed by atoms with van der Waals surface area (Å²) in [4.78, 5) is 0. The van der Waals surface area contributed by atoms with Crippen LogP contribution in [0.2, 0.25) is 6.04 Å². The lowest BCUT2D eigenvalue weighted by atomic mass is 10.4.